The van der Waals surface area contributed by atoms with Crippen LogP contribution < -0.4 is 0 Å². The van der Waals surface area contributed by atoms with Crippen LogP contribution in [0.5, 0.6) is 0 Å². The zero-order valence-corrected chi connectivity index (χ0v) is 28.0. The maximum atomic E-state index is 13.6. The number of nitrogens with zero attached hydrogens (tertiary/aromatic N) is 1. The third-order valence-corrected chi connectivity index (χ3v) is 13.9. The predicted molar refractivity (Wildman–Crippen MR) is 169 cm³/mol. The van der Waals surface area contributed by atoms with E-state index in [0.717, 1.165) is 50.5 Å². The molecular formula is C36H51NO6S. The molecule has 2 saturated heterocycles. The fourth-order valence-corrected chi connectivity index (χ4v) is 11.9. The van der Waals surface area contributed by atoms with Crippen molar-refractivity contribution < 1.29 is 26.9 Å². The van der Waals surface area contributed by atoms with E-state index in [4.69, 9.17) is 13.7 Å². The number of amides is 1. The Kier molecular flexibility index (Phi) is 7.77. The summed E-state index contributed by atoms with van der Waals surface area (Å²) in [5, 5.41) is 0. The third kappa shape index (κ3) is 5.06. The van der Waals surface area contributed by atoms with Crippen molar-refractivity contribution in [2.75, 3.05) is 12.8 Å². The van der Waals surface area contributed by atoms with E-state index in [1.165, 1.54) is 24.7 Å². The smallest absolute Gasteiger partial charge is 0.410 e. The second-order valence-corrected chi connectivity index (χ2v) is 17.2. The summed E-state index contributed by atoms with van der Waals surface area (Å²) in [7, 11) is -3.43. The molecular weight excluding hydrogens is 574 g/mol. The Morgan fingerprint density at radius 2 is 1.84 bits per heavy atom. The highest BCUT2D eigenvalue weighted by atomic mass is 32.2. The predicted octanol–water partition coefficient (Wildman–Crippen LogP) is 7.11. The molecule has 7 rings (SSSR count). The van der Waals surface area contributed by atoms with Gasteiger partial charge in [-0.15, -0.1) is 0 Å². The highest BCUT2D eigenvalue weighted by Gasteiger charge is 2.63. The topological polar surface area (TPSA) is 82.1 Å². The lowest BCUT2D eigenvalue weighted by molar-refractivity contribution is -0.0709. The molecule has 2 aliphatic heterocycles. The van der Waals surface area contributed by atoms with Crippen LogP contribution in [-0.4, -0.2) is 56.1 Å². The first-order chi connectivity index (χ1) is 20.9. The molecule has 1 aromatic rings. The third-order valence-electron chi connectivity index (χ3n) is 13.3. The summed E-state index contributed by atoms with van der Waals surface area (Å²) in [4.78, 5) is 15.6. The molecule has 11 atom stereocenters. The van der Waals surface area contributed by atoms with E-state index in [1.807, 2.05) is 35.2 Å². The summed E-state index contributed by atoms with van der Waals surface area (Å²) in [6, 6.07) is 9.95. The van der Waals surface area contributed by atoms with Crippen molar-refractivity contribution >= 4 is 16.2 Å². The van der Waals surface area contributed by atoms with Gasteiger partial charge in [0.1, 0.15) is 6.61 Å². The van der Waals surface area contributed by atoms with Crippen LogP contribution in [0, 0.1) is 40.9 Å². The Hall–Kier alpha value is -1.90. The average molecular weight is 626 g/mol. The highest BCUT2D eigenvalue weighted by molar-refractivity contribution is 7.86. The molecule has 0 bridgehead atoms. The molecule has 8 heteroatoms. The number of hydrogen-bond donors (Lipinski definition) is 0. The number of benzene rings is 1. The molecule has 5 fully saturated rings. The van der Waals surface area contributed by atoms with E-state index in [9.17, 15) is 13.2 Å². The molecule has 0 radical (unpaired) electrons. The summed E-state index contributed by atoms with van der Waals surface area (Å²) in [5.74, 6) is 3.04. The molecule has 1 spiro atoms. The van der Waals surface area contributed by atoms with Crippen molar-refractivity contribution in [1.29, 1.82) is 0 Å². The van der Waals surface area contributed by atoms with Gasteiger partial charge in [-0.1, -0.05) is 56.7 Å². The molecule has 0 aromatic heterocycles. The van der Waals surface area contributed by atoms with Gasteiger partial charge in [0.25, 0.3) is 10.1 Å². The van der Waals surface area contributed by atoms with Gasteiger partial charge in [0.15, 0.2) is 0 Å². The van der Waals surface area contributed by atoms with Crippen molar-refractivity contribution in [3.63, 3.8) is 0 Å². The van der Waals surface area contributed by atoms with Gasteiger partial charge in [-0.05, 0) is 111 Å². The van der Waals surface area contributed by atoms with Gasteiger partial charge < -0.3 is 14.4 Å². The summed E-state index contributed by atoms with van der Waals surface area (Å²) < 4.78 is 42.3. The second-order valence-electron chi connectivity index (χ2n) is 15.6. The van der Waals surface area contributed by atoms with Crippen molar-refractivity contribution in [3.8, 4) is 0 Å². The number of likely N-dealkylation sites (tertiary alicyclic amines) is 1. The molecule has 2 heterocycles. The van der Waals surface area contributed by atoms with Crippen LogP contribution in [0.2, 0.25) is 0 Å². The maximum Gasteiger partial charge on any atom is 0.410 e. The Balaban J connectivity index is 1.12. The van der Waals surface area contributed by atoms with E-state index in [2.05, 4.69) is 27.7 Å². The number of hydrogen-bond acceptors (Lipinski definition) is 6. The molecule has 7 nitrogen and oxygen atoms in total. The van der Waals surface area contributed by atoms with Crippen molar-refractivity contribution in [3.05, 3.63) is 47.0 Å². The van der Waals surface area contributed by atoms with Crippen LogP contribution >= 0.6 is 0 Å². The largest absolute Gasteiger partial charge is 0.445 e. The standard InChI is InChI=1S/C36H51NO6S/c1-22-17-32-33(37(20-22)34(38)41-21-25-9-7-6-8-10-25)24(3)36(42-32)16-14-28-29-12-11-26-18-27(43-44(5,39)40)13-15-35(26,4)31(29)19-30(28)23(36)2/h6-10,22,24,26-29,31-33H,11-21H2,1-5H3/t22?,24-,26-,27+,28+,29?,31+,32-,33+,35?,36+/m1/s1. The number of rotatable bonds is 4. The van der Waals surface area contributed by atoms with E-state index in [0.29, 0.717) is 36.1 Å². The minimum Gasteiger partial charge on any atom is -0.445 e. The van der Waals surface area contributed by atoms with Crippen molar-refractivity contribution in [2.24, 2.45) is 40.9 Å². The minimum absolute atomic E-state index is 0.0253. The number of carbonyl (C=O) groups excluding carboxylic acids is 1. The van der Waals surface area contributed by atoms with E-state index < -0.39 is 10.1 Å². The molecule has 0 N–H and O–H groups in total. The lowest BCUT2D eigenvalue weighted by atomic mass is 9.52. The lowest BCUT2D eigenvalue weighted by Gasteiger charge is -2.54. The molecule has 44 heavy (non-hydrogen) atoms. The molecule has 1 aromatic carbocycles. The van der Waals surface area contributed by atoms with E-state index in [1.54, 1.807) is 5.57 Å². The fraction of sp³-hybridized carbons (Fsp3) is 0.750. The Labute approximate surface area is 264 Å². The van der Waals surface area contributed by atoms with Crippen LogP contribution in [0.25, 0.3) is 0 Å². The summed E-state index contributed by atoms with van der Waals surface area (Å²) >= 11 is 0. The first kappa shape index (κ1) is 30.7. The summed E-state index contributed by atoms with van der Waals surface area (Å²) in [6.07, 6.45) is 10.2. The Morgan fingerprint density at radius 3 is 2.59 bits per heavy atom. The number of ether oxygens (including phenoxy) is 2. The minimum atomic E-state index is -3.43. The fourth-order valence-electron chi connectivity index (χ4n) is 11.2. The van der Waals surface area contributed by atoms with Gasteiger partial charge in [0.05, 0.1) is 30.1 Å². The van der Waals surface area contributed by atoms with Crippen LogP contribution in [0.15, 0.2) is 41.5 Å². The number of piperidine rings is 1. The van der Waals surface area contributed by atoms with Gasteiger partial charge in [-0.25, -0.2) is 4.79 Å². The van der Waals surface area contributed by atoms with Gasteiger partial charge in [-0.2, -0.15) is 8.42 Å². The van der Waals surface area contributed by atoms with Gasteiger partial charge >= 0.3 is 6.09 Å². The summed E-state index contributed by atoms with van der Waals surface area (Å²) in [5.41, 5.74) is 3.99. The van der Waals surface area contributed by atoms with Crippen molar-refractivity contribution in [2.45, 2.75) is 116 Å². The second kappa shape index (κ2) is 11.1. The zero-order valence-electron chi connectivity index (χ0n) is 27.2. The molecule has 3 unspecified atom stereocenters. The van der Waals surface area contributed by atoms with Gasteiger partial charge in [0, 0.05) is 12.5 Å². The normalized spacial score (nSPS) is 43.3. The number of fused-ring (bicyclic) bond motifs is 6. The highest BCUT2D eigenvalue weighted by Crippen LogP contribution is 2.66. The van der Waals surface area contributed by atoms with Crippen LogP contribution in [0.4, 0.5) is 4.79 Å². The van der Waals surface area contributed by atoms with Crippen LogP contribution in [0.1, 0.15) is 91.0 Å². The Morgan fingerprint density at radius 1 is 1.07 bits per heavy atom. The number of carbonyl (C=O) groups is 1. The monoisotopic (exact) mass is 625 g/mol. The lowest BCUT2D eigenvalue weighted by Crippen LogP contribution is -2.54. The van der Waals surface area contributed by atoms with E-state index in [-0.39, 0.29) is 47.9 Å². The first-order valence-electron chi connectivity index (χ1n) is 17.1. The maximum absolute atomic E-state index is 13.6. The number of allylic oxidation sites excluding steroid dienone is 1. The average Bonchev–Trinajstić information content (AvgIpc) is 3.50. The molecule has 242 valence electrons. The quantitative estimate of drug-likeness (QED) is 0.262. The molecule has 1 amide bonds. The molecule has 3 saturated carbocycles. The molecule has 6 aliphatic rings. The van der Waals surface area contributed by atoms with E-state index >= 15 is 0 Å². The van der Waals surface area contributed by atoms with Gasteiger partial charge in [-0.3, -0.25) is 4.18 Å². The zero-order chi connectivity index (χ0) is 31.0. The summed E-state index contributed by atoms with van der Waals surface area (Å²) in [6.45, 7) is 10.4. The first-order valence-corrected chi connectivity index (χ1v) is 18.9. The SMILES string of the molecule is CC1=C2C[C@H]3C(CC[C@@H]4C[C@@H](OS(C)(=O)=O)CCC43C)[C@@H]2CC[C@]12O[C@@H]1CC(C)CN(C(=O)OCc3ccccc3)[C@H]1[C@H]2C. The van der Waals surface area contributed by atoms with Gasteiger partial charge in [0.2, 0.25) is 0 Å². The molecule has 4 aliphatic carbocycles. The Bertz CT molecular complexity index is 1410. The van der Waals surface area contributed by atoms with Crippen LogP contribution in [-0.2, 0) is 30.4 Å². The van der Waals surface area contributed by atoms with Crippen LogP contribution in [0.3, 0.4) is 0 Å². The van der Waals surface area contributed by atoms with Crippen molar-refractivity contribution in [1.82, 2.24) is 4.90 Å².